The number of benzene rings is 1. The molecule has 0 radical (unpaired) electrons. The monoisotopic (exact) mass is 285 g/mol. The number of methoxy groups -OCH3 is 1. The SMILES string of the molecule is CCCN(CCO)CC(=O)c1ccc(OC)c(Cl)c1. The maximum Gasteiger partial charge on any atom is 0.176 e. The van der Waals surface area contributed by atoms with E-state index in [2.05, 4.69) is 0 Å². The van der Waals surface area contributed by atoms with Gasteiger partial charge in [0.2, 0.25) is 0 Å². The molecule has 1 N–H and O–H groups in total. The van der Waals surface area contributed by atoms with Crippen molar-refractivity contribution in [2.45, 2.75) is 13.3 Å². The number of carbonyl (C=O) groups is 1. The molecular formula is C14H20ClNO3. The lowest BCUT2D eigenvalue weighted by molar-refractivity contribution is 0.0915. The Kier molecular flexibility index (Phi) is 6.84. The lowest BCUT2D eigenvalue weighted by atomic mass is 10.1. The second-order valence-corrected chi connectivity index (χ2v) is 4.68. The highest BCUT2D eigenvalue weighted by Gasteiger charge is 2.13. The Hall–Kier alpha value is -1.10. The van der Waals surface area contributed by atoms with E-state index in [1.54, 1.807) is 18.2 Å². The van der Waals surface area contributed by atoms with Gasteiger partial charge in [0, 0.05) is 12.1 Å². The van der Waals surface area contributed by atoms with Crippen LogP contribution in [0.5, 0.6) is 5.75 Å². The van der Waals surface area contributed by atoms with Gasteiger partial charge in [0.25, 0.3) is 0 Å². The number of Topliss-reactive ketones (excluding diaryl/α,β-unsaturated/α-hetero) is 1. The van der Waals surface area contributed by atoms with E-state index in [1.807, 2.05) is 11.8 Å². The van der Waals surface area contributed by atoms with Gasteiger partial charge in [0.05, 0.1) is 25.3 Å². The van der Waals surface area contributed by atoms with Gasteiger partial charge in [-0.05, 0) is 31.2 Å². The van der Waals surface area contributed by atoms with E-state index in [1.165, 1.54) is 7.11 Å². The predicted octanol–water partition coefficient (Wildman–Crippen LogP) is 2.24. The molecule has 0 aromatic heterocycles. The van der Waals surface area contributed by atoms with Crippen LogP contribution in [0.1, 0.15) is 23.7 Å². The number of aliphatic hydroxyl groups is 1. The first-order valence-corrected chi connectivity index (χ1v) is 6.70. The van der Waals surface area contributed by atoms with Crippen LogP contribution in [0.4, 0.5) is 0 Å². The number of hydrogen-bond acceptors (Lipinski definition) is 4. The van der Waals surface area contributed by atoms with Crippen molar-refractivity contribution in [1.29, 1.82) is 0 Å². The third-order valence-electron chi connectivity index (χ3n) is 2.80. The van der Waals surface area contributed by atoms with Gasteiger partial charge < -0.3 is 9.84 Å². The molecule has 4 nitrogen and oxygen atoms in total. The van der Waals surface area contributed by atoms with Crippen molar-refractivity contribution < 1.29 is 14.6 Å². The van der Waals surface area contributed by atoms with Gasteiger partial charge in [-0.15, -0.1) is 0 Å². The van der Waals surface area contributed by atoms with Gasteiger partial charge in [-0.3, -0.25) is 9.69 Å². The number of halogens is 1. The van der Waals surface area contributed by atoms with Crippen LogP contribution in [0.15, 0.2) is 18.2 Å². The van der Waals surface area contributed by atoms with Crippen LogP contribution in [-0.4, -0.2) is 49.1 Å². The standard InChI is InChI=1S/C14H20ClNO3/c1-3-6-16(7-8-17)10-13(18)11-4-5-14(19-2)12(15)9-11/h4-5,9,17H,3,6-8,10H2,1-2H3. The molecular weight excluding hydrogens is 266 g/mol. The molecule has 0 aliphatic carbocycles. The molecule has 0 amide bonds. The van der Waals surface area contributed by atoms with E-state index in [4.69, 9.17) is 21.4 Å². The highest BCUT2D eigenvalue weighted by Crippen LogP contribution is 2.25. The average Bonchev–Trinajstić information content (AvgIpc) is 2.39. The zero-order valence-electron chi connectivity index (χ0n) is 11.4. The Bertz CT molecular complexity index is 417. The van der Waals surface area contributed by atoms with Crippen LogP contribution in [0.2, 0.25) is 5.02 Å². The molecule has 0 heterocycles. The van der Waals surface area contributed by atoms with Crippen molar-refractivity contribution in [2.24, 2.45) is 0 Å². The van der Waals surface area contributed by atoms with Crippen LogP contribution in [0.3, 0.4) is 0 Å². The van der Waals surface area contributed by atoms with Crippen molar-refractivity contribution in [3.05, 3.63) is 28.8 Å². The molecule has 19 heavy (non-hydrogen) atoms. The number of nitrogens with zero attached hydrogens (tertiary/aromatic N) is 1. The maximum atomic E-state index is 12.1. The normalized spacial score (nSPS) is 10.8. The number of ether oxygens (including phenoxy) is 1. The smallest absolute Gasteiger partial charge is 0.176 e. The van der Waals surface area contributed by atoms with Crippen LogP contribution in [-0.2, 0) is 0 Å². The first kappa shape index (κ1) is 16.0. The van der Waals surface area contributed by atoms with Gasteiger partial charge in [-0.1, -0.05) is 18.5 Å². The predicted molar refractivity (Wildman–Crippen MR) is 76.2 cm³/mol. The summed E-state index contributed by atoms with van der Waals surface area (Å²) in [6.45, 7) is 3.67. The molecule has 1 aromatic carbocycles. The minimum atomic E-state index is -0.00791. The molecule has 0 aliphatic heterocycles. The minimum Gasteiger partial charge on any atom is -0.495 e. The molecule has 0 unspecified atom stereocenters. The Morgan fingerprint density at radius 1 is 1.42 bits per heavy atom. The lowest BCUT2D eigenvalue weighted by Gasteiger charge is -2.19. The highest BCUT2D eigenvalue weighted by atomic mass is 35.5. The maximum absolute atomic E-state index is 12.1. The molecule has 0 aliphatic rings. The summed E-state index contributed by atoms with van der Waals surface area (Å²) < 4.78 is 5.05. The molecule has 0 atom stereocenters. The summed E-state index contributed by atoms with van der Waals surface area (Å²) in [5.74, 6) is 0.547. The van der Waals surface area contributed by atoms with Crippen molar-refractivity contribution >= 4 is 17.4 Å². The molecule has 0 fully saturated rings. The van der Waals surface area contributed by atoms with E-state index in [0.29, 0.717) is 22.9 Å². The van der Waals surface area contributed by atoms with E-state index < -0.39 is 0 Å². The van der Waals surface area contributed by atoms with Crippen LogP contribution in [0, 0.1) is 0 Å². The first-order valence-electron chi connectivity index (χ1n) is 6.32. The Balaban J connectivity index is 2.73. The fourth-order valence-electron chi connectivity index (χ4n) is 1.86. The third-order valence-corrected chi connectivity index (χ3v) is 3.09. The molecule has 0 saturated carbocycles. The van der Waals surface area contributed by atoms with Gasteiger partial charge in [-0.2, -0.15) is 0 Å². The van der Waals surface area contributed by atoms with Crippen LogP contribution in [0.25, 0.3) is 0 Å². The fourth-order valence-corrected chi connectivity index (χ4v) is 2.12. The molecule has 0 spiro atoms. The van der Waals surface area contributed by atoms with Gasteiger partial charge in [-0.25, -0.2) is 0 Å². The molecule has 0 saturated heterocycles. The molecule has 106 valence electrons. The Labute approximate surface area is 118 Å². The van der Waals surface area contributed by atoms with Crippen molar-refractivity contribution in [3.8, 4) is 5.75 Å². The topological polar surface area (TPSA) is 49.8 Å². The zero-order chi connectivity index (χ0) is 14.3. The molecule has 1 aromatic rings. The summed E-state index contributed by atoms with van der Waals surface area (Å²) in [6, 6.07) is 5.01. The summed E-state index contributed by atoms with van der Waals surface area (Å²) in [4.78, 5) is 14.1. The third kappa shape index (κ3) is 4.82. The summed E-state index contributed by atoms with van der Waals surface area (Å²) in [6.07, 6.45) is 0.941. The summed E-state index contributed by atoms with van der Waals surface area (Å²) in [7, 11) is 1.53. The summed E-state index contributed by atoms with van der Waals surface area (Å²) in [5.41, 5.74) is 0.560. The average molecular weight is 286 g/mol. The van der Waals surface area contributed by atoms with Gasteiger partial charge in [0.1, 0.15) is 5.75 Å². The largest absolute Gasteiger partial charge is 0.495 e. The molecule has 0 bridgehead atoms. The zero-order valence-corrected chi connectivity index (χ0v) is 12.1. The van der Waals surface area contributed by atoms with Crippen molar-refractivity contribution in [1.82, 2.24) is 4.90 Å². The lowest BCUT2D eigenvalue weighted by Crippen LogP contribution is -2.33. The van der Waals surface area contributed by atoms with Gasteiger partial charge >= 0.3 is 0 Å². The summed E-state index contributed by atoms with van der Waals surface area (Å²) >= 11 is 6.00. The Morgan fingerprint density at radius 3 is 2.68 bits per heavy atom. The molecule has 5 heteroatoms. The number of carbonyl (C=O) groups excluding carboxylic acids is 1. The van der Waals surface area contributed by atoms with Crippen molar-refractivity contribution in [3.63, 3.8) is 0 Å². The van der Waals surface area contributed by atoms with E-state index in [9.17, 15) is 4.79 Å². The number of aliphatic hydroxyl groups excluding tert-OH is 1. The quantitative estimate of drug-likeness (QED) is 0.744. The Morgan fingerprint density at radius 2 is 2.16 bits per heavy atom. The summed E-state index contributed by atoms with van der Waals surface area (Å²) in [5, 5.41) is 9.40. The number of ketones is 1. The van der Waals surface area contributed by atoms with Gasteiger partial charge in [0.15, 0.2) is 5.78 Å². The van der Waals surface area contributed by atoms with E-state index in [-0.39, 0.29) is 18.9 Å². The van der Waals surface area contributed by atoms with Crippen molar-refractivity contribution in [2.75, 3.05) is 33.4 Å². The number of hydrogen-bond donors (Lipinski definition) is 1. The number of rotatable bonds is 8. The van der Waals surface area contributed by atoms with Crippen LogP contribution < -0.4 is 4.74 Å². The second-order valence-electron chi connectivity index (χ2n) is 4.27. The second kappa shape index (κ2) is 8.15. The molecule has 1 rings (SSSR count). The minimum absolute atomic E-state index is 0.00791. The van der Waals surface area contributed by atoms with Crippen LogP contribution >= 0.6 is 11.6 Å². The fraction of sp³-hybridized carbons (Fsp3) is 0.500. The van der Waals surface area contributed by atoms with E-state index >= 15 is 0 Å². The first-order chi connectivity index (χ1) is 9.12. The van der Waals surface area contributed by atoms with E-state index in [0.717, 1.165) is 13.0 Å². The highest BCUT2D eigenvalue weighted by molar-refractivity contribution is 6.32.